The van der Waals surface area contributed by atoms with Crippen LogP contribution in [0, 0.1) is 12.8 Å². The Morgan fingerprint density at radius 2 is 2.04 bits per heavy atom. The van der Waals surface area contributed by atoms with Gasteiger partial charge in [-0.15, -0.1) is 12.4 Å². The van der Waals surface area contributed by atoms with Crippen molar-refractivity contribution in [3.8, 4) is 11.1 Å². The van der Waals surface area contributed by atoms with Crippen molar-refractivity contribution in [2.45, 2.75) is 26.1 Å². The minimum absolute atomic E-state index is 0. The molecule has 0 unspecified atom stereocenters. The van der Waals surface area contributed by atoms with Crippen LogP contribution in [0.5, 0.6) is 0 Å². The van der Waals surface area contributed by atoms with E-state index < -0.39 is 12.1 Å². The number of nitrogens with two attached hydrogens (primary N) is 1. The summed E-state index contributed by atoms with van der Waals surface area (Å²) in [5, 5.41) is 2.67. The number of carbonyl (C=O) groups excluding carboxylic acids is 1. The molecule has 0 saturated heterocycles. The van der Waals surface area contributed by atoms with Crippen LogP contribution in [-0.2, 0) is 11.3 Å². The van der Waals surface area contributed by atoms with Crippen LogP contribution >= 0.6 is 12.4 Å². The molecule has 6 heteroatoms. The van der Waals surface area contributed by atoms with Gasteiger partial charge in [-0.3, -0.25) is 4.79 Å². The third kappa shape index (κ3) is 3.86. The largest absolute Gasteiger partial charge is 0.326 e. The van der Waals surface area contributed by atoms with Crippen molar-refractivity contribution in [1.82, 2.24) is 4.98 Å². The Bertz CT molecular complexity index is 723. The molecule has 1 aromatic heterocycles. The van der Waals surface area contributed by atoms with E-state index in [1.807, 2.05) is 25.1 Å². The van der Waals surface area contributed by atoms with E-state index in [9.17, 15) is 9.18 Å². The van der Waals surface area contributed by atoms with Crippen LogP contribution in [0.1, 0.15) is 17.5 Å². The number of amides is 1. The molecule has 0 bridgehead atoms. The smallest absolute Gasteiger partial charge is 0.231 e. The molecule has 0 aliphatic heterocycles. The monoisotopic (exact) mass is 335 g/mol. The van der Waals surface area contributed by atoms with Crippen molar-refractivity contribution in [3.63, 3.8) is 0 Å². The van der Waals surface area contributed by atoms with Gasteiger partial charge in [-0.1, -0.05) is 18.2 Å². The average molecular weight is 336 g/mol. The molecule has 0 spiro atoms. The molecule has 1 heterocycles. The van der Waals surface area contributed by atoms with Gasteiger partial charge in [0.05, 0.1) is 5.92 Å². The molecule has 2 atom stereocenters. The lowest BCUT2D eigenvalue weighted by molar-refractivity contribution is -0.117. The zero-order valence-electron chi connectivity index (χ0n) is 12.8. The molecular weight excluding hydrogens is 317 g/mol. The Kier molecular flexibility index (Phi) is 5.34. The fourth-order valence-corrected chi connectivity index (χ4v) is 2.44. The number of hydrogen-bond acceptors (Lipinski definition) is 3. The molecule has 3 rings (SSSR count). The van der Waals surface area contributed by atoms with E-state index in [-0.39, 0.29) is 18.3 Å². The molecule has 122 valence electrons. The van der Waals surface area contributed by atoms with Gasteiger partial charge in [-0.05, 0) is 47.7 Å². The number of anilines is 1. The Morgan fingerprint density at radius 1 is 1.35 bits per heavy atom. The first-order chi connectivity index (χ1) is 10.6. The second-order valence-corrected chi connectivity index (χ2v) is 5.62. The summed E-state index contributed by atoms with van der Waals surface area (Å²) in [6.07, 6.45) is 0.942. The zero-order chi connectivity index (χ0) is 15.7. The van der Waals surface area contributed by atoms with E-state index in [1.165, 1.54) is 0 Å². The minimum atomic E-state index is -1.00. The van der Waals surface area contributed by atoms with E-state index in [0.717, 1.165) is 22.3 Å². The Hall–Kier alpha value is -1.98. The predicted octanol–water partition coefficient (Wildman–Crippen LogP) is 3.23. The number of hydrogen-bond donors (Lipinski definition) is 2. The molecule has 1 amide bonds. The van der Waals surface area contributed by atoms with E-state index in [0.29, 0.717) is 18.8 Å². The highest BCUT2D eigenvalue weighted by atomic mass is 35.5. The second-order valence-electron chi connectivity index (χ2n) is 5.62. The molecular formula is C17H19ClFN3O. The first kappa shape index (κ1) is 17.4. The normalized spacial score (nSPS) is 18.9. The van der Waals surface area contributed by atoms with Crippen molar-refractivity contribution in [2.75, 3.05) is 5.32 Å². The van der Waals surface area contributed by atoms with E-state index in [4.69, 9.17) is 5.73 Å². The predicted molar refractivity (Wildman–Crippen MR) is 91.2 cm³/mol. The van der Waals surface area contributed by atoms with Crippen LogP contribution in [0.25, 0.3) is 11.1 Å². The van der Waals surface area contributed by atoms with Crippen molar-refractivity contribution in [3.05, 3.63) is 47.7 Å². The zero-order valence-corrected chi connectivity index (χ0v) is 13.6. The molecule has 1 fully saturated rings. The summed E-state index contributed by atoms with van der Waals surface area (Å²) in [6, 6.07) is 9.73. The van der Waals surface area contributed by atoms with Crippen LogP contribution in [0.4, 0.5) is 10.2 Å². The number of alkyl halides is 1. The van der Waals surface area contributed by atoms with Gasteiger partial charge in [0, 0.05) is 12.7 Å². The highest BCUT2D eigenvalue weighted by Crippen LogP contribution is 2.34. The van der Waals surface area contributed by atoms with Crippen LogP contribution in [0.3, 0.4) is 0 Å². The summed E-state index contributed by atoms with van der Waals surface area (Å²) < 4.78 is 12.9. The number of halogens is 2. The van der Waals surface area contributed by atoms with Gasteiger partial charge in [0.1, 0.15) is 12.0 Å². The number of nitrogens with zero attached hydrogens (tertiary/aromatic N) is 1. The highest BCUT2D eigenvalue weighted by Gasteiger charge is 2.43. The molecule has 23 heavy (non-hydrogen) atoms. The lowest BCUT2D eigenvalue weighted by Crippen LogP contribution is -2.15. The summed E-state index contributed by atoms with van der Waals surface area (Å²) >= 11 is 0. The number of pyridine rings is 1. The van der Waals surface area contributed by atoms with Gasteiger partial charge in [-0.25, -0.2) is 9.37 Å². The van der Waals surface area contributed by atoms with E-state index in [1.54, 1.807) is 12.3 Å². The number of carbonyl (C=O) groups is 1. The fourth-order valence-electron chi connectivity index (χ4n) is 2.44. The molecule has 1 saturated carbocycles. The van der Waals surface area contributed by atoms with Crippen LogP contribution in [0.2, 0.25) is 0 Å². The van der Waals surface area contributed by atoms with Gasteiger partial charge in [0.2, 0.25) is 5.91 Å². The number of aromatic nitrogens is 1. The maximum Gasteiger partial charge on any atom is 0.231 e. The lowest BCUT2D eigenvalue weighted by Gasteiger charge is -2.09. The number of nitrogens with one attached hydrogen (secondary N) is 1. The summed E-state index contributed by atoms with van der Waals surface area (Å²) in [5.41, 5.74) is 9.89. The van der Waals surface area contributed by atoms with Crippen LogP contribution in [0.15, 0.2) is 36.5 Å². The number of aryl methyl sites for hydroxylation is 1. The number of benzene rings is 1. The van der Waals surface area contributed by atoms with E-state index >= 15 is 0 Å². The number of rotatable bonds is 4. The van der Waals surface area contributed by atoms with E-state index in [2.05, 4.69) is 16.4 Å². The third-order valence-corrected chi connectivity index (χ3v) is 3.96. The molecule has 3 N–H and O–H groups in total. The maximum absolute atomic E-state index is 12.9. The van der Waals surface area contributed by atoms with Gasteiger partial charge in [-0.2, -0.15) is 0 Å². The Labute approximate surface area is 140 Å². The summed E-state index contributed by atoms with van der Waals surface area (Å²) in [4.78, 5) is 15.9. The van der Waals surface area contributed by atoms with Gasteiger partial charge >= 0.3 is 0 Å². The first-order valence-electron chi connectivity index (χ1n) is 7.29. The van der Waals surface area contributed by atoms with Crippen molar-refractivity contribution >= 4 is 24.1 Å². The third-order valence-electron chi connectivity index (χ3n) is 3.96. The quantitative estimate of drug-likeness (QED) is 0.901. The summed E-state index contributed by atoms with van der Waals surface area (Å²) in [6.45, 7) is 2.53. The van der Waals surface area contributed by atoms with Crippen molar-refractivity contribution < 1.29 is 9.18 Å². The summed E-state index contributed by atoms with van der Waals surface area (Å²) in [7, 11) is 0. The second kappa shape index (κ2) is 7.06. The van der Waals surface area contributed by atoms with Gasteiger partial charge in [0.25, 0.3) is 0 Å². The van der Waals surface area contributed by atoms with Gasteiger partial charge in [0.15, 0.2) is 0 Å². The first-order valence-corrected chi connectivity index (χ1v) is 7.29. The minimum Gasteiger partial charge on any atom is -0.326 e. The Morgan fingerprint density at radius 3 is 2.65 bits per heavy atom. The molecule has 1 aromatic carbocycles. The maximum atomic E-state index is 12.9. The molecule has 1 aliphatic carbocycles. The molecule has 1 aliphatic rings. The van der Waals surface area contributed by atoms with Crippen LogP contribution < -0.4 is 11.1 Å². The standard InChI is InChI=1S/C17H18FN3O.ClH/c1-10-6-11(2-3-13(10)9-19)12-4-5-20-16(7-12)21-17(22)14-8-15(14)18;/h2-7,14-15H,8-9,19H2,1H3,(H,20,21,22);1H/t14-,15+;/m1./s1. The molecule has 4 nitrogen and oxygen atoms in total. The van der Waals surface area contributed by atoms with Crippen LogP contribution in [-0.4, -0.2) is 17.1 Å². The average Bonchev–Trinajstić information content (AvgIpc) is 3.24. The Balaban J connectivity index is 0.00000192. The molecule has 0 radical (unpaired) electrons. The topological polar surface area (TPSA) is 68.0 Å². The fraction of sp³-hybridized carbons (Fsp3) is 0.294. The lowest BCUT2D eigenvalue weighted by atomic mass is 10.0. The van der Waals surface area contributed by atoms with Gasteiger partial charge < -0.3 is 11.1 Å². The van der Waals surface area contributed by atoms with Crippen molar-refractivity contribution in [1.29, 1.82) is 0 Å². The van der Waals surface area contributed by atoms with Crippen molar-refractivity contribution in [2.24, 2.45) is 11.7 Å². The summed E-state index contributed by atoms with van der Waals surface area (Å²) in [5.74, 6) is -0.370. The highest BCUT2D eigenvalue weighted by molar-refractivity contribution is 5.94. The molecule has 2 aromatic rings. The SMILES string of the molecule is Cc1cc(-c2ccnc(NC(=O)[C@@H]3C[C@@H]3F)c2)ccc1CN.Cl.